The smallest absolute Gasteiger partial charge is 0.00871 e. The molecule has 4 aliphatic heterocycles. The van der Waals surface area contributed by atoms with Crippen LogP contribution in [0.2, 0.25) is 0 Å². The number of hydrogen-bond donors (Lipinski definition) is 4. The third kappa shape index (κ3) is 3.90. The first kappa shape index (κ1) is 25.0. The van der Waals surface area contributed by atoms with Crippen molar-refractivity contribution >= 4 is 67.9 Å². The molecule has 0 radical (unpaired) electrons. The van der Waals surface area contributed by atoms with Crippen LogP contribution in [0, 0.1) is 0 Å². The van der Waals surface area contributed by atoms with Crippen LogP contribution in [0.4, 0.5) is 0 Å². The maximum absolute atomic E-state index is 2.68. The van der Waals surface area contributed by atoms with Crippen molar-refractivity contribution in [1.82, 2.24) is 0 Å². The predicted octanol–water partition coefficient (Wildman–Crippen LogP) is 11.3. The molecule has 0 bridgehead atoms. The number of fused-ring (bicyclic) bond motifs is 4. The van der Waals surface area contributed by atoms with Crippen LogP contribution in [0.3, 0.4) is 0 Å². The molecule has 4 unspecified atom stereocenters. The molecule has 0 saturated heterocycles. The summed E-state index contributed by atoms with van der Waals surface area (Å²) in [4.78, 5) is 12.1. The van der Waals surface area contributed by atoms with Gasteiger partial charge in [-0.2, -0.15) is 43.6 Å². The zero-order valence-corrected chi connectivity index (χ0v) is 26.4. The van der Waals surface area contributed by atoms with Gasteiger partial charge in [-0.25, -0.2) is 0 Å². The van der Waals surface area contributed by atoms with E-state index in [2.05, 4.69) is 155 Å². The van der Waals surface area contributed by atoms with E-state index < -0.39 is 43.6 Å². The summed E-state index contributed by atoms with van der Waals surface area (Å²) in [5, 5.41) is 10.0. The van der Waals surface area contributed by atoms with Gasteiger partial charge in [-0.3, -0.25) is 0 Å². The van der Waals surface area contributed by atoms with Gasteiger partial charge in [0.1, 0.15) is 0 Å². The first-order chi connectivity index (χ1) is 20.8. The van der Waals surface area contributed by atoms with Crippen molar-refractivity contribution in [2.24, 2.45) is 0 Å². The third-order valence-electron chi connectivity index (χ3n) is 8.51. The summed E-state index contributed by atoms with van der Waals surface area (Å²) in [5.41, 5.74) is 5.52. The molecule has 4 heterocycles. The summed E-state index contributed by atoms with van der Waals surface area (Å²) in [6.07, 6.45) is 9.45. The van der Waals surface area contributed by atoms with Crippen LogP contribution in [-0.4, -0.2) is 0 Å². The summed E-state index contributed by atoms with van der Waals surface area (Å²) in [6.45, 7) is 0. The molecule has 206 valence electrons. The van der Waals surface area contributed by atoms with Gasteiger partial charge < -0.3 is 0 Å². The van der Waals surface area contributed by atoms with E-state index in [9.17, 15) is 0 Å². The Morgan fingerprint density at radius 3 is 0.762 bits per heavy atom. The zero-order valence-electron chi connectivity index (χ0n) is 22.8. The number of hydrogen-bond acceptors (Lipinski definition) is 0. The highest BCUT2D eigenvalue weighted by Crippen LogP contribution is 2.67. The molecular weight excluding hydrogens is 585 g/mol. The fourth-order valence-corrected chi connectivity index (χ4v) is 16.6. The van der Waals surface area contributed by atoms with Crippen LogP contribution in [0.15, 0.2) is 170 Å². The van der Waals surface area contributed by atoms with E-state index in [0.29, 0.717) is 0 Å². The van der Waals surface area contributed by atoms with Gasteiger partial charge in [0.2, 0.25) is 0 Å². The SMILES string of the molecule is C1=C[SH](c2cc([SH]3C=Cc4ccccc43)c([SH]3C=Cc4ccccc43)cc2[SH]2C=Cc3ccccc32)c2ccccc21. The Balaban J connectivity index is 1.32. The van der Waals surface area contributed by atoms with Crippen molar-refractivity contribution in [3.63, 3.8) is 0 Å². The molecule has 5 aromatic rings. The average molecular weight is 615 g/mol. The fraction of sp³-hybridized carbons (Fsp3) is 0. The van der Waals surface area contributed by atoms with Gasteiger partial charge >= 0.3 is 0 Å². The van der Waals surface area contributed by atoms with Gasteiger partial charge in [0, 0.05) is 39.2 Å². The first-order valence-electron chi connectivity index (χ1n) is 14.3. The van der Waals surface area contributed by atoms with Gasteiger partial charge in [0.15, 0.2) is 0 Å². The van der Waals surface area contributed by atoms with Crippen LogP contribution in [0.1, 0.15) is 22.3 Å². The minimum Gasteiger partial charge on any atom is -0.178 e. The molecule has 0 aliphatic carbocycles. The van der Waals surface area contributed by atoms with Crippen LogP contribution >= 0.6 is 43.6 Å². The second-order valence-electron chi connectivity index (χ2n) is 10.8. The highest BCUT2D eigenvalue weighted by atomic mass is 32.2. The average Bonchev–Trinajstić information content (AvgIpc) is 3.84. The van der Waals surface area contributed by atoms with Crippen LogP contribution in [-0.2, 0) is 0 Å². The molecule has 42 heavy (non-hydrogen) atoms. The fourth-order valence-electron chi connectivity index (χ4n) is 6.50. The van der Waals surface area contributed by atoms with Gasteiger partial charge in [0.25, 0.3) is 0 Å². The summed E-state index contributed by atoms with van der Waals surface area (Å²) < 4.78 is 0. The lowest BCUT2D eigenvalue weighted by Crippen LogP contribution is -1.96. The molecule has 0 aromatic heterocycles. The molecule has 0 amide bonds. The Morgan fingerprint density at radius 1 is 0.262 bits per heavy atom. The molecule has 4 aliphatic rings. The van der Waals surface area contributed by atoms with Crippen molar-refractivity contribution in [2.75, 3.05) is 0 Å². The van der Waals surface area contributed by atoms with E-state index >= 15 is 0 Å². The Hall–Kier alpha value is -3.54. The Labute approximate surface area is 258 Å². The lowest BCUT2D eigenvalue weighted by molar-refractivity contribution is 1.07. The molecule has 0 spiro atoms. The second-order valence-corrected chi connectivity index (χ2v) is 18.8. The highest BCUT2D eigenvalue weighted by Gasteiger charge is 2.30. The van der Waals surface area contributed by atoms with Crippen LogP contribution in [0.25, 0.3) is 24.3 Å². The van der Waals surface area contributed by atoms with Crippen LogP contribution < -0.4 is 0 Å². The molecule has 9 rings (SSSR count). The maximum atomic E-state index is 2.68. The quantitative estimate of drug-likeness (QED) is 0.142. The lowest BCUT2D eigenvalue weighted by Gasteiger charge is -2.32. The van der Waals surface area contributed by atoms with Crippen molar-refractivity contribution < 1.29 is 0 Å². The molecule has 0 N–H and O–H groups in total. The largest absolute Gasteiger partial charge is 0.178 e. The topological polar surface area (TPSA) is 0 Å². The van der Waals surface area contributed by atoms with Gasteiger partial charge in [-0.1, -0.05) is 72.8 Å². The monoisotopic (exact) mass is 614 g/mol. The Bertz CT molecular complexity index is 1740. The summed E-state index contributed by atoms with van der Waals surface area (Å²) >= 11 is 0. The van der Waals surface area contributed by atoms with E-state index in [-0.39, 0.29) is 0 Å². The third-order valence-corrected chi connectivity index (χ3v) is 17.9. The Kier molecular flexibility index (Phi) is 5.97. The minimum atomic E-state index is -0.580. The van der Waals surface area contributed by atoms with E-state index in [0.717, 1.165) is 0 Å². The van der Waals surface area contributed by atoms with Crippen molar-refractivity contribution in [3.8, 4) is 0 Å². The van der Waals surface area contributed by atoms with E-state index in [1.807, 2.05) is 0 Å². The molecule has 4 heteroatoms. The van der Waals surface area contributed by atoms with Gasteiger partial charge in [-0.05, 0) is 105 Å². The van der Waals surface area contributed by atoms with E-state index in [4.69, 9.17) is 0 Å². The summed E-state index contributed by atoms with van der Waals surface area (Å²) in [5.74, 6) is 0. The van der Waals surface area contributed by atoms with Crippen molar-refractivity contribution in [1.29, 1.82) is 0 Å². The number of thiol groups is 4. The lowest BCUT2D eigenvalue weighted by atomic mass is 10.2. The van der Waals surface area contributed by atoms with Crippen molar-refractivity contribution in [2.45, 2.75) is 39.2 Å². The predicted molar refractivity (Wildman–Crippen MR) is 190 cm³/mol. The van der Waals surface area contributed by atoms with Crippen LogP contribution in [0.5, 0.6) is 0 Å². The molecule has 5 aromatic carbocycles. The summed E-state index contributed by atoms with van der Waals surface area (Å²) in [6, 6.07) is 41.5. The molecule has 0 saturated carbocycles. The summed E-state index contributed by atoms with van der Waals surface area (Å²) in [7, 11) is -2.32. The number of rotatable bonds is 4. The molecule has 4 atom stereocenters. The van der Waals surface area contributed by atoms with Gasteiger partial charge in [0.05, 0.1) is 0 Å². The molecule has 0 fully saturated rings. The van der Waals surface area contributed by atoms with E-state index in [1.165, 1.54) is 41.8 Å². The minimum absolute atomic E-state index is 0.580. The normalized spacial score (nSPS) is 25.3. The maximum Gasteiger partial charge on any atom is 0.00871 e. The highest BCUT2D eigenvalue weighted by molar-refractivity contribution is 8.24. The number of benzene rings is 5. The van der Waals surface area contributed by atoms with E-state index in [1.54, 1.807) is 19.6 Å². The zero-order chi connectivity index (χ0) is 27.6. The standard InChI is InChI=1S/C38H30S4/c1-5-13-31-27(9-1)17-21-39(31)35-25-37(41-23-19-29-11-3-7-15-33(29)41)38(42-24-20-30-12-4-8-16-34(30)42)26-36(35)40-22-18-28-10-2-6-14-32(28)40/h1-26,39-42H. The molecule has 0 nitrogen and oxygen atoms in total. The first-order valence-corrected chi connectivity index (χ1v) is 19.9. The van der Waals surface area contributed by atoms with Crippen molar-refractivity contribution in [3.05, 3.63) is 153 Å². The Morgan fingerprint density at radius 2 is 0.500 bits per heavy atom. The second kappa shape index (κ2) is 10.0. The molecular formula is C38H30S4. The van der Waals surface area contributed by atoms with Gasteiger partial charge in [-0.15, -0.1) is 0 Å².